The van der Waals surface area contributed by atoms with Crippen LogP contribution in [0.15, 0.2) is 0 Å². The van der Waals surface area contributed by atoms with Gasteiger partial charge in [-0.25, -0.2) is 4.79 Å². The van der Waals surface area contributed by atoms with E-state index >= 15 is 0 Å². The Bertz CT molecular complexity index is 385. The number of hydrogen-bond acceptors (Lipinski definition) is 3. The zero-order chi connectivity index (χ0) is 18.8. The molecule has 2 atom stereocenters. The predicted octanol–water partition coefficient (Wildman–Crippen LogP) is 3.17. The van der Waals surface area contributed by atoms with Crippen LogP contribution in [0.2, 0.25) is 0 Å². The highest BCUT2D eigenvalue weighted by molar-refractivity contribution is 5.73. The van der Waals surface area contributed by atoms with Gasteiger partial charge < -0.3 is 20.4 Å². The van der Waals surface area contributed by atoms with Gasteiger partial charge in [0.05, 0.1) is 0 Å². The van der Waals surface area contributed by atoms with Crippen LogP contribution < -0.4 is 10.6 Å². The van der Waals surface area contributed by atoms with Gasteiger partial charge in [-0.2, -0.15) is 0 Å². The van der Waals surface area contributed by atoms with Crippen molar-refractivity contribution in [1.29, 1.82) is 0 Å². The van der Waals surface area contributed by atoms with Crippen molar-refractivity contribution in [2.24, 2.45) is 17.8 Å². The van der Waals surface area contributed by atoms with E-state index in [0.717, 1.165) is 50.2 Å². The number of urea groups is 1. The van der Waals surface area contributed by atoms with Crippen LogP contribution in [0.25, 0.3) is 0 Å². The first kappa shape index (κ1) is 21.5. The minimum absolute atomic E-state index is 0.00261. The molecule has 152 valence electrons. The van der Waals surface area contributed by atoms with Crippen molar-refractivity contribution in [2.75, 3.05) is 52.4 Å². The first-order chi connectivity index (χ1) is 12.5. The third-order valence-corrected chi connectivity index (χ3v) is 5.94. The highest BCUT2D eigenvalue weighted by atomic mass is 16.2. The standard InChI is InChI=1S/C21H42N4O/c1-18-7-13-24(14-8-18)11-5-4-9-22-21(26)23-10-6-12-25-16-19(2)15-20(3)17-25/h18-20H,4-17H2,1-3H3,(H2,22,23,26). The van der Waals surface area contributed by atoms with E-state index in [4.69, 9.17) is 0 Å². The summed E-state index contributed by atoms with van der Waals surface area (Å²) in [5.74, 6) is 2.52. The molecule has 2 aliphatic heterocycles. The zero-order valence-corrected chi connectivity index (χ0v) is 17.4. The van der Waals surface area contributed by atoms with E-state index in [9.17, 15) is 4.79 Å². The van der Waals surface area contributed by atoms with Gasteiger partial charge in [0.2, 0.25) is 0 Å². The number of amides is 2. The van der Waals surface area contributed by atoms with Crippen molar-refractivity contribution in [3.63, 3.8) is 0 Å². The Balaban J connectivity index is 1.40. The second-order valence-corrected chi connectivity index (χ2v) is 8.97. The molecular weight excluding hydrogens is 324 g/mol. The Morgan fingerprint density at radius 3 is 2.04 bits per heavy atom. The monoisotopic (exact) mass is 366 g/mol. The summed E-state index contributed by atoms with van der Waals surface area (Å²) in [5, 5.41) is 6.00. The van der Waals surface area contributed by atoms with Crippen LogP contribution in [0.1, 0.15) is 59.3 Å². The second-order valence-electron chi connectivity index (χ2n) is 8.97. The van der Waals surface area contributed by atoms with E-state index in [1.54, 1.807) is 0 Å². The molecule has 0 bridgehead atoms. The maximum Gasteiger partial charge on any atom is 0.314 e. The van der Waals surface area contributed by atoms with Gasteiger partial charge in [-0.3, -0.25) is 0 Å². The second kappa shape index (κ2) is 11.8. The molecule has 2 heterocycles. The van der Waals surface area contributed by atoms with Crippen LogP contribution in [-0.4, -0.2) is 68.2 Å². The molecule has 2 aliphatic rings. The maximum absolute atomic E-state index is 11.9. The zero-order valence-electron chi connectivity index (χ0n) is 17.4. The lowest BCUT2D eigenvalue weighted by Gasteiger charge is -2.34. The number of nitrogens with one attached hydrogen (secondary N) is 2. The fraction of sp³-hybridized carbons (Fsp3) is 0.952. The summed E-state index contributed by atoms with van der Waals surface area (Å²) >= 11 is 0. The summed E-state index contributed by atoms with van der Waals surface area (Å²) in [6, 6.07) is -0.00261. The lowest BCUT2D eigenvalue weighted by atomic mass is 9.92. The lowest BCUT2D eigenvalue weighted by molar-refractivity contribution is 0.139. The van der Waals surface area contributed by atoms with E-state index in [1.165, 1.54) is 58.4 Å². The Kier molecular flexibility index (Phi) is 9.76. The van der Waals surface area contributed by atoms with Gasteiger partial charge in [-0.05, 0) is 82.5 Å². The molecule has 2 N–H and O–H groups in total. The maximum atomic E-state index is 11.9. The summed E-state index contributed by atoms with van der Waals surface area (Å²) in [6.45, 7) is 15.8. The molecule has 0 radical (unpaired) electrons. The van der Waals surface area contributed by atoms with Gasteiger partial charge in [0.15, 0.2) is 0 Å². The number of piperidine rings is 2. The topological polar surface area (TPSA) is 47.6 Å². The van der Waals surface area contributed by atoms with Crippen molar-refractivity contribution < 1.29 is 4.79 Å². The van der Waals surface area contributed by atoms with Crippen molar-refractivity contribution in [2.45, 2.75) is 59.3 Å². The molecule has 0 aromatic heterocycles. The molecule has 2 rings (SSSR count). The van der Waals surface area contributed by atoms with Gasteiger partial charge in [0.1, 0.15) is 0 Å². The van der Waals surface area contributed by atoms with Crippen molar-refractivity contribution >= 4 is 6.03 Å². The van der Waals surface area contributed by atoms with Gasteiger partial charge in [-0.15, -0.1) is 0 Å². The van der Waals surface area contributed by atoms with Gasteiger partial charge in [-0.1, -0.05) is 20.8 Å². The molecule has 0 spiro atoms. The highest BCUT2D eigenvalue weighted by Gasteiger charge is 2.21. The van der Waals surface area contributed by atoms with E-state index < -0.39 is 0 Å². The Labute approximate surface area is 161 Å². The van der Waals surface area contributed by atoms with Crippen molar-refractivity contribution in [1.82, 2.24) is 20.4 Å². The minimum Gasteiger partial charge on any atom is -0.338 e. The smallest absolute Gasteiger partial charge is 0.314 e. The van der Waals surface area contributed by atoms with Crippen molar-refractivity contribution in [3.05, 3.63) is 0 Å². The van der Waals surface area contributed by atoms with E-state index in [2.05, 4.69) is 41.2 Å². The van der Waals surface area contributed by atoms with Gasteiger partial charge in [0, 0.05) is 26.2 Å². The average molecular weight is 367 g/mol. The first-order valence-corrected chi connectivity index (χ1v) is 11.0. The predicted molar refractivity (Wildman–Crippen MR) is 109 cm³/mol. The van der Waals surface area contributed by atoms with Crippen LogP contribution >= 0.6 is 0 Å². The largest absolute Gasteiger partial charge is 0.338 e. The summed E-state index contributed by atoms with van der Waals surface area (Å²) < 4.78 is 0. The quantitative estimate of drug-likeness (QED) is 0.616. The molecule has 2 unspecified atom stereocenters. The van der Waals surface area contributed by atoms with E-state index in [-0.39, 0.29) is 6.03 Å². The molecule has 0 aliphatic carbocycles. The normalized spacial score (nSPS) is 26.0. The fourth-order valence-electron chi connectivity index (χ4n) is 4.49. The number of likely N-dealkylation sites (tertiary alicyclic amines) is 2. The number of rotatable bonds is 9. The number of carbonyl (C=O) groups excluding carboxylic acids is 1. The molecule has 26 heavy (non-hydrogen) atoms. The fourth-order valence-corrected chi connectivity index (χ4v) is 4.49. The molecule has 2 amide bonds. The van der Waals surface area contributed by atoms with Crippen LogP contribution in [-0.2, 0) is 0 Å². The molecule has 0 aromatic carbocycles. The molecule has 5 heteroatoms. The number of nitrogens with zero attached hydrogens (tertiary/aromatic N) is 2. The van der Waals surface area contributed by atoms with Gasteiger partial charge in [0.25, 0.3) is 0 Å². The SMILES string of the molecule is CC1CCN(CCCCNC(=O)NCCCN2CC(C)CC(C)C2)CC1. The summed E-state index contributed by atoms with van der Waals surface area (Å²) in [6.07, 6.45) is 7.34. The number of hydrogen-bond donors (Lipinski definition) is 2. The Morgan fingerprint density at radius 2 is 1.38 bits per heavy atom. The third kappa shape index (κ3) is 8.72. The van der Waals surface area contributed by atoms with Crippen LogP contribution in [0, 0.1) is 17.8 Å². The molecule has 2 saturated heterocycles. The van der Waals surface area contributed by atoms with Crippen LogP contribution in [0.5, 0.6) is 0 Å². The summed E-state index contributed by atoms with van der Waals surface area (Å²) in [7, 11) is 0. The average Bonchev–Trinajstić information content (AvgIpc) is 2.59. The van der Waals surface area contributed by atoms with Gasteiger partial charge >= 0.3 is 6.03 Å². The molecule has 2 fully saturated rings. The lowest BCUT2D eigenvalue weighted by Crippen LogP contribution is -2.41. The van der Waals surface area contributed by atoms with Crippen molar-refractivity contribution in [3.8, 4) is 0 Å². The Hall–Kier alpha value is -0.810. The van der Waals surface area contributed by atoms with E-state index in [1.807, 2.05) is 0 Å². The van der Waals surface area contributed by atoms with E-state index in [0.29, 0.717) is 0 Å². The van der Waals surface area contributed by atoms with Crippen LogP contribution in [0.4, 0.5) is 4.79 Å². The molecule has 0 aromatic rings. The highest BCUT2D eigenvalue weighted by Crippen LogP contribution is 2.20. The summed E-state index contributed by atoms with van der Waals surface area (Å²) in [4.78, 5) is 17.0. The molecular formula is C21H42N4O. The number of carbonyl (C=O) groups is 1. The number of unbranched alkanes of at least 4 members (excludes halogenated alkanes) is 1. The van der Waals surface area contributed by atoms with Crippen LogP contribution in [0.3, 0.4) is 0 Å². The minimum atomic E-state index is -0.00261. The Morgan fingerprint density at radius 1 is 0.808 bits per heavy atom. The third-order valence-electron chi connectivity index (χ3n) is 5.94. The summed E-state index contributed by atoms with van der Waals surface area (Å²) in [5.41, 5.74) is 0. The molecule has 5 nitrogen and oxygen atoms in total. The first-order valence-electron chi connectivity index (χ1n) is 11.0. The molecule has 0 saturated carbocycles.